The van der Waals surface area contributed by atoms with Gasteiger partial charge in [0.05, 0.1) is 0 Å². The minimum atomic E-state index is -1.12. The van der Waals surface area contributed by atoms with Gasteiger partial charge in [-0.05, 0) is 0 Å². The summed E-state index contributed by atoms with van der Waals surface area (Å²) in [6.45, 7) is 0.771. The molecule has 0 unspecified atom stereocenters. The molecule has 1 amide bonds. The monoisotopic (exact) mass is 551 g/mol. The molecule has 31 heavy (non-hydrogen) atoms. The van der Waals surface area contributed by atoms with Gasteiger partial charge in [-0.25, -0.2) is 0 Å². The number of hydrogen-bond acceptors (Lipinski definition) is 7. The first-order chi connectivity index (χ1) is 14.8. The number of carbonyl (C=O) groups is 2. The number of ether oxygens (including phenoxy) is 2. The summed E-state index contributed by atoms with van der Waals surface area (Å²) in [4.78, 5) is 29.5. The fraction of sp³-hybridized carbons (Fsp3) is 0.474. The Morgan fingerprint density at radius 1 is 1.39 bits per heavy atom. The maximum absolute atomic E-state index is 14.7. The van der Waals surface area contributed by atoms with Crippen molar-refractivity contribution < 1.29 is 54.2 Å². The van der Waals surface area contributed by atoms with Crippen LogP contribution in [0, 0.1) is 23.0 Å². The Labute approximate surface area is 187 Å². The molecule has 0 radical (unpaired) electrons. The van der Waals surface area contributed by atoms with Crippen molar-refractivity contribution in [3.05, 3.63) is 23.3 Å². The van der Waals surface area contributed by atoms with Gasteiger partial charge in [0.15, 0.2) is 0 Å². The average molecular weight is 551 g/mol. The van der Waals surface area contributed by atoms with Crippen molar-refractivity contribution in [2.75, 3.05) is 33.7 Å². The van der Waals surface area contributed by atoms with Crippen molar-refractivity contribution in [3.63, 3.8) is 0 Å². The van der Waals surface area contributed by atoms with Gasteiger partial charge in [-0.15, -0.1) is 0 Å². The topological polar surface area (TPSA) is 118 Å². The van der Waals surface area contributed by atoms with Crippen LogP contribution in [0.5, 0.6) is 0 Å². The van der Waals surface area contributed by atoms with Crippen LogP contribution in [0.3, 0.4) is 0 Å². The van der Waals surface area contributed by atoms with Gasteiger partial charge in [0, 0.05) is 0 Å². The number of alkyl halides is 2. The predicted octanol–water partition coefficient (Wildman–Crippen LogP) is -0.952. The van der Waals surface area contributed by atoms with Gasteiger partial charge in [0.1, 0.15) is 0 Å². The molecule has 1 aromatic carbocycles. The summed E-state index contributed by atoms with van der Waals surface area (Å²) in [6, 6.07) is 2.31. The zero-order valence-corrected chi connectivity index (χ0v) is 19.2. The van der Waals surface area contributed by atoms with E-state index in [0.717, 1.165) is 32.8 Å². The van der Waals surface area contributed by atoms with Crippen molar-refractivity contribution in [3.8, 4) is 6.07 Å². The molecule has 1 heterocycles. The first-order valence-electron chi connectivity index (χ1n) is 9.34. The van der Waals surface area contributed by atoms with E-state index >= 15 is 0 Å². The van der Waals surface area contributed by atoms with E-state index in [-0.39, 0.29) is 28.0 Å². The first-order valence-corrected chi connectivity index (χ1v) is 12.4. The zero-order chi connectivity index (χ0) is 23.0. The molecule has 1 aromatic heterocycles. The second-order valence-corrected chi connectivity index (χ2v) is 9.20. The molecule has 0 saturated heterocycles. The normalized spacial score (nSPS) is 10.8. The molecular formula is C19H22F2IN4O5-. The Bertz CT molecular complexity index is 992. The molecule has 2 rings (SSSR count). The van der Waals surface area contributed by atoms with E-state index in [1.165, 1.54) is 7.05 Å². The molecule has 0 bridgehead atoms. The summed E-state index contributed by atoms with van der Waals surface area (Å²) < 4.78 is 40.8. The molecule has 2 aromatic rings. The number of nitriles is 1. The van der Waals surface area contributed by atoms with Gasteiger partial charge < -0.3 is 0 Å². The Balaban J connectivity index is 2.39. The van der Waals surface area contributed by atoms with Crippen molar-refractivity contribution in [2.45, 2.75) is 19.8 Å². The van der Waals surface area contributed by atoms with E-state index in [1.807, 2.05) is 6.92 Å². The summed E-state index contributed by atoms with van der Waals surface area (Å²) in [5, 5.41) is 17.7. The molecule has 12 heteroatoms. The summed E-state index contributed by atoms with van der Waals surface area (Å²) in [5.74, 6) is -2.44. The predicted molar refractivity (Wildman–Crippen MR) is 102 cm³/mol. The van der Waals surface area contributed by atoms with Crippen LogP contribution in [-0.2, 0) is 21.3 Å². The van der Waals surface area contributed by atoms with Gasteiger partial charge >= 0.3 is 188 Å². The van der Waals surface area contributed by atoms with Crippen LogP contribution in [0.25, 0.3) is 11.0 Å². The third-order valence-corrected chi connectivity index (χ3v) is 6.85. The first kappa shape index (κ1) is 24.7. The van der Waals surface area contributed by atoms with Gasteiger partial charge in [-0.1, -0.05) is 0 Å². The number of fused-ring (bicyclic) bond motifs is 1. The third-order valence-electron chi connectivity index (χ3n) is 4.13. The van der Waals surface area contributed by atoms with Gasteiger partial charge in [0.25, 0.3) is 0 Å². The molecule has 9 nitrogen and oxygen atoms in total. The second kappa shape index (κ2) is 11.8. The summed E-state index contributed by atoms with van der Waals surface area (Å²) in [6.07, 6.45) is 0.877. The Hall–Kier alpha value is -2.53. The van der Waals surface area contributed by atoms with E-state index in [4.69, 9.17) is 15.1 Å². The van der Waals surface area contributed by atoms with Gasteiger partial charge in [-0.3, -0.25) is 0 Å². The average Bonchev–Trinajstić information content (AvgIpc) is 3.10. The SMILES string of the molecule is CCCC[I-]CC(=O)N(COC(=O)OCCO)c1nc2c(F)cc(C#N)c(F)c2n1C. The number of carbonyl (C=O) groups excluding carboxylic acids is 2. The van der Waals surface area contributed by atoms with E-state index in [2.05, 4.69) is 9.72 Å². The maximum atomic E-state index is 14.7. The number of hydrogen-bond donors (Lipinski definition) is 1. The van der Waals surface area contributed by atoms with E-state index in [9.17, 15) is 18.4 Å². The zero-order valence-electron chi connectivity index (χ0n) is 17.0. The van der Waals surface area contributed by atoms with Crippen LogP contribution in [0.4, 0.5) is 19.5 Å². The Kier molecular flexibility index (Phi) is 9.38. The Morgan fingerprint density at radius 2 is 2.13 bits per heavy atom. The number of aliphatic hydroxyl groups is 1. The number of aliphatic hydroxyl groups excluding tert-OH is 1. The third kappa shape index (κ3) is 6.01. The summed E-state index contributed by atoms with van der Waals surface area (Å²) in [5.41, 5.74) is -1.13. The molecule has 0 saturated carbocycles. The molecule has 0 aliphatic heterocycles. The molecule has 0 fully saturated rings. The van der Waals surface area contributed by atoms with Crippen molar-refractivity contribution >= 4 is 29.0 Å². The van der Waals surface area contributed by atoms with Gasteiger partial charge in [0.2, 0.25) is 0 Å². The number of benzene rings is 1. The number of aromatic nitrogens is 2. The number of aryl methyl sites for hydroxylation is 1. The van der Waals surface area contributed by atoms with Crippen LogP contribution in [-0.4, -0.2) is 55.5 Å². The second-order valence-electron chi connectivity index (χ2n) is 6.28. The van der Waals surface area contributed by atoms with Crippen LogP contribution in [0.2, 0.25) is 0 Å². The van der Waals surface area contributed by atoms with E-state index < -0.39 is 63.8 Å². The standard InChI is InChI=1S/C19H22F2IN4O5/c1-3-4-5-22-9-14(28)26(11-31-19(29)30-7-6-27)18-24-16-13(20)8-12(10-23)15(21)17(16)25(18)2/h8,27H,3-7,9,11H2,1-2H3/q-1. The number of anilines is 1. The summed E-state index contributed by atoms with van der Waals surface area (Å²) in [7, 11) is 1.37. The Morgan fingerprint density at radius 3 is 2.77 bits per heavy atom. The van der Waals surface area contributed by atoms with Crippen LogP contribution in [0.1, 0.15) is 25.3 Å². The number of rotatable bonds is 10. The molecule has 1 N–H and O–H groups in total. The van der Waals surface area contributed by atoms with Crippen LogP contribution in [0.15, 0.2) is 6.07 Å². The van der Waals surface area contributed by atoms with Crippen LogP contribution < -0.4 is 26.1 Å². The quantitative estimate of drug-likeness (QED) is 0.133. The molecule has 0 atom stereocenters. The summed E-state index contributed by atoms with van der Waals surface area (Å²) >= 11 is -0.464. The van der Waals surface area contributed by atoms with Gasteiger partial charge in [-0.2, -0.15) is 0 Å². The number of nitrogens with zero attached hydrogens (tertiary/aromatic N) is 4. The van der Waals surface area contributed by atoms with Crippen LogP contribution >= 0.6 is 0 Å². The number of unbranched alkanes of at least 4 members (excludes halogenated alkanes) is 1. The number of amides is 1. The van der Waals surface area contributed by atoms with Crippen molar-refractivity contribution in [1.82, 2.24) is 9.55 Å². The molecule has 170 valence electrons. The minimum absolute atomic E-state index is 0.137. The van der Waals surface area contributed by atoms with E-state index in [0.29, 0.717) is 0 Å². The number of halogens is 3. The fourth-order valence-electron chi connectivity index (χ4n) is 2.59. The molecular weight excluding hydrogens is 529 g/mol. The van der Waals surface area contributed by atoms with Crippen molar-refractivity contribution in [1.29, 1.82) is 5.26 Å². The van der Waals surface area contributed by atoms with Crippen molar-refractivity contribution in [2.24, 2.45) is 7.05 Å². The molecule has 0 aliphatic carbocycles. The molecule has 0 aliphatic rings. The fourth-order valence-corrected chi connectivity index (χ4v) is 5.15. The van der Waals surface area contributed by atoms with E-state index in [1.54, 1.807) is 6.07 Å². The number of imidazole rings is 1. The molecule has 0 spiro atoms.